The van der Waals surface area contributed by atoms with E-state index in [1.54, 1.807) is 0 Å². The fourth-order valence-corrected chi connectivity index (χ4v) is 3.06. The molecule has 136 valence electrons. The molecule has 1 aliphatic rings. The molecule has 0 aromatic rings. The molecule has 0 amide bonds. The Morgan fingerprint density at radius 2 is 1.35 bits per heavy atom. The summed E-state index contributed by atoms with van der Waals surface area (Å²) in [5.41, 5.74) is -0.230. The zero-order valence-corrected chi connectivity index (χ0v) is 15.1. The van der Waals surface area contributed by atoms with E-state index in [1.165, 1.54) is 14.2 Å². The van der Waals surface area contributed by atoms with Gasteiger partial charge in [0.2, 0.25) is 0 Å². The molecule has 7 nitrogen and oxygen atoms in total. The van der Waals surface area contributed by atoms with E-state index >= 15 is 0 Å². The molecule has 1 rings (SSSR count). The smallest absolute Gasteiger partial charge is 0.306 e. The van der Waals surface area contributed by atoms with E-state index in [0.29, 0.717) is 0 Å². The molecule has 0 aromatic carbocycles. The van der Waals surface area contributed by atoms with Crippen LogP contribution >= 0.6 is 0 Å². The summed E-state index contributed by atoms with van der Waals surface area (Å²) in [6.07, 6.45) is 1.40. The van der Waals surface area contributed by atoms with Crippen LogP contribution in [0.1, 0.15) is 53.4 Å². The van der Waals surface area contributed by atoms with Gasteiger partial charge >= 0.3 is 11.9 Å². The van der Waals surface area contributed by atoms with Gasteiger partial charge in [-0.1, -0.05) is 0 Å². The first-order valence-corrected chi connectivity index (χ1v) is 7.70. The standard InChI is InChI=1S/C10H21NO2.C6H10O4/c1-9(2)5-8(13)6-10(3,4)11(9)7-12;1-9-5(7)3-4-6(8)10-2/h8,12-13H,5-7H2,1-4H3;3-4H2,1-2H3. The lowest BCUT2D eigenvalue weighted by Crippen LogP contribution is -2.61. The van der Waals surface area contributed by atoms with E-state index in [9.17, 15) is 19.8 Å². The Bertz CT molecular complexity index is 360. The minimum atomic E-state index is -0.398. The molecule has 0 saturated carbocycles. The van der Waals surface area contributed by atoms with Crippen molar-refractivity contribution in [2.24, 2.45) is 0 Å². The summed E-state index contributed by atoms with van der Waals surface area (Å²) < 4.78 is 8.60. The molecule has 1 heterocycles. The van der Waals surface area contributed by atoms with Crippen LogP contribution < -0.4 is 0 Å². The largest absolute Gasteiger partial charge is 0.469 e. The van der Waals surface area contributed by atoms with Crippen LogP contribution in [0.3, 0.4) is 0 Å². The predicted octanol–water partition coefficient (Wildman–Crippen LogP) is 1.06. The molecule has 1 saturated heterocycles. The van der Waals surface area contributed by atoms with Gasteiger partial charge in [-0.05, 0) is 40.5 Å². The lowest BCUT2D eigenvalue weighted by atomic mass is 9.79. The lowest BCUT2D eigenvalue weighted by molar-refractivity contribution is -0.147. The molecular weight excluding hydrogens is 302 g/mol. The minimum absolute atomic E-state index is 0.0622. The second-order valence-electron chi connectivity index (χ2n) is 6.91. The maximum Gasteiger partial charge on any atom is 0.306 e. The Labute approximate surface area is 138 Å². The number of hydrogen-bond donors (Lipinski definition) is 2. The third-order valence-electron chi connectivity index (χ3n) is 4.06. The molecule has 2 N–H and O–H groups in total. The van der Waals surface area contributed by atoms with Crippen molar-refractivity contribution in [3.63, 3.8) is 0 Å². The van der Waals surface area contributed by atoms with Crippen molar-refractivity contribution in [1.29, 1.82) is 0 Å². The highest BCUT2D eigenvalue weighted by atomic mass is 16.5. The molecular formula is C16H31NO6. The van der Waals surface area contributed by atoms with E-state index in [2.05, 4.69) is 37.2 Å². The van der Waals surface area contributed by atoms with Gasteiger partial charge in [0.15, 0.2) is 0 Å². The third kappa shape index (κ3) is 7.28. The number of methoxy groups -OCH3 is 2. The number of aliphatic hydroxyl groups excluding tert-OH is 2. The van der Waals surface area contributed by atoms with Crippen LogP contribution in [-0.4, -0.2) is 65.2 Å². The number of esters is 2. The van der Waals surface area contributed by atoms with Crippen molar-refractivity contribution in [2.75, 3.05) is 21.0 Å². The zero-order valence-electron chi connectivity index (χ0n) is 15.1. The number of aliphatic hydroxyl groups is 2. The summed E-state index contributed by atoms with van der Waals surface area (Å²) in [5, 5.41) is 19.0. The van der Waals surface area contributed by atoms with Crippen LogP contribution in [-0.2, 0) is 19.1 Å². The number of carbonyl (C=O) groups excluding carboxylic acids is 2. The van der Waals surface area contributed by atoms with E-state index in [0.717, 1.165) is 12.8 Å². The van der Waals surface area contributed by atoms with Gasteiger partial charge in [0.05, 0.1) is 39.9 Å². The summed E-state index contributed by atoms with van der Waals surface area (Å²) in [4.78, 5) is 22.9. The topological polar surface area (TPSA) is 96.3 Å². The summed E-state index contributed by atoms with van der Waals surface area (Å²) >= 11 is 0. The number of carbonyl (C=O) groups is 2. The normalized spacial score (nSPS) is 20.2. The summed E-state index contributed by atoms with van der Waals surface area (Å²) in [6, 6.07) is 0. The van der Waals surface area contributed by atoms with E-state index < -0.39 is 11.9 Å². The van der Waals surface area contributed by atoms with Gasteiger partial charge < -0.3 is 19.7 Å². The quantitative estimate of drug-likeness (QED) is 0.743. The fraction of sp³-hybridized carbons (Fsp3) is 0.875. The third-order valence-corrected chi connectivity index (χ3v) is 4.06. The first kappa shape index (κ1) is 21.8. The average molecular weight is 333 g/mol. The van der Waals surface area contributed by atoms with Gasteiger partial charge in [0.25, 0.3) is 0 Å². The van der Waals surface area contributed by atoms with Gasteiger partial charge in [0, 0.05) is 11.1 Å². The first-order valence-electron chi connectivity index (χ1n) is 7.70. The molecule has 0 aromatic heterocycles. The van der Waals surface area contributed by atoms with Crippen LogP contribution in [0.25, 0.3) is 0 Å². The van der Waals surface area contributed by atoms with Crippen molar-refractivity contribution < 1.29 is 29.3 Å². The van der Waals surface area contributed by atoms with E-state index in [1.807, 2.05) is 4.90 Å². The van der Waals surface area contributed by atoms with E-state index in [4.69, 9.17) is 0 Å². The SMILES string of the molecule is CC1(C)CC(O)CC(C)(C)N1CO.COC(=O)CCC(=O)OC. The van der Waals surface area contributed by atoms with Gasteiger partial charge in [-0.3, -0.25) is 14.5 Å². The maximum absolute atomic E-state index is 10.4. The number of piperidine rings is 1. The van der Waals surface area contributed by atoms with Crippen LogP contribution in [0.2, 0.25) is 0 Å². The molecule has 0 atom stereocenters. The summed E-state index contributed by atoms with van der Waals surface area (Å²) in [7, 11) is 2.55. The molecule has 0 radical (unpaired) electrons. The van der Waals surface area contributed by atoms with Crippen LogP contribution in [0.15, 0.2) is 0 Å². The monoisotopic (exact) mass is 333 g/mol. The molecule has 0 unspecified atom stereocenters. The van der Waals surface area contributed by atoms with Crippen molar-refractivity contribution in [3.8, 4) is 0 Å². The van der Waals surface area contributed by atoms with Gasteiger partial charge in [0.1, 0.15) is 0 Å². The molecule has 1 fully saturated rings. The Hall–Kier alpha value is -1.18. The van der Waals surface area contributed by atoms with Crippen molar-refractivity contribution >= 4 is 11.9 Å². The van der Waals surface area contributed by atoms with Crippen LogP contribution in [0.5, 0.6) is 0 Å². The highest BCUT2D eigenvalue weighted by Gasteiger charge is 2.44. The predicted molar refractivity (Wildman–Crippen MR) is 85.6 cm³/mol. The number of hydrogen-bond acceptors (Lipinski definition) is 7. The molecule has 0 spiro atoms. The van der Waals surface area contributed by atoms with Crippen LogP contribution in [0.4, 0.5) is 0 Å². The minimum Gasteiger partial charge on any atom is -0.469 e. The zero-order chi connectivity index (χ0) is 18.3. The Balaban J connectivity index is 0.000000438. The van der Waals surface area contributed by atoms with E-state index in [-0.39, 0.29) is 36.8 Å². The highest BCUT2D eigenvalue weighted by Crippen LogP contribution is 2.37. The average Bonchev–Trinajstić information content (AvgIpc) is 2.42. The van der Waals surface area contributed by atoms with Crippen molar-refractivity contribution in [2.45, 2.75) is 70.6 Å². The Morgan fingerprint density at radius 3 is 1.61 bits per heavy atom. The molecule has 0 bridgehead atoms. The highest BCUT2D eigenvalue weighted by molar-refractivity contribution is 5.77. The molecule has 23 heavy (non-hydrogen) atoms. The maximum atomic E-state index is 10.4. The molecule has 1 aliphatic heterocycles. The Morgan fingerprint density at radius 1 is 1.00 bits per heavy atom. The number of likely N-dealkylation sites (tertiary alicyclic amines) is 1. The second-order valence-corrected chi connectivity index (χ2v) is 6.91. The number of rotatable bonds is 4. The summed E-state index contributed by atoms with van der Waals surface area (Å²) in [6.45, 7) is 8.31. The van der Waals surface area contributed by atoms with Crippen molar-refractivity contribution in [3.05, 3.63) is 0 Å². The fourth-order valence-electron chi connectivity index (χ4n) is 3.06. The number of ether oxygens (including phenoxy) is 2. The summed E-state index contributed by atoms with van der Waals surface area (Å²) in [5.74, 6) is -0.796. The van der Waals surface area contributed by atoms with Gasteiger partial charge in [-0.25, -0.2) is 0 Å². The molecule has 0 aliphatic carbocycles. The van der Waals surface area contributed by atoms with Crippen LogP contribution in [0, 0.1) is 0 Å². The second kappa shape index (κ2) is 9.20. The number of nitrogens with zero attached hydrogens (tertiary/aromatic N) is 1. The molecule has 7 heteroatoms. The van der Waals surface area contributed by atoms with Gasteiger partial charge in [-0.15, -0.1) is 0 Å². The Kier molecular flexibility index (Phi) is 8.73. The van der Waals surface area contributed by atoms with Crippen molar-refractivity contribution in [1.82, 2.24) is 4.90 Å². The lowest BCUT2D eigenvalue weighted by Gasteiger charge is -2.53. The van der Waals surface area contributed by atoms with Gasteiger partial charge in [-0.2, -0.15) is 0 Å². The first-order chi connectivity index (χ1) is 10.5.